The fourth-order valence-corrected chi connectivity index (χ4v) is 4.64. The maximum absolute atomic E-state index is 13.4. The molecule has 0 radical (unpaired) electrons. The number of hydrogen-bond acceptors (Lipinski definition) is 4. The van der Waals surface area contributed by atoms with E-state index in [1.165, 1.54) is 23.9 Å². The molecule has 1 amide bonds. The maximum atomic E-state index is 13.4. The summed E-state index contributed by atoms with van der Waals surface area (Å²) in [5, 5.41) is 2.43. The van der Waals surface area contributed by atoms with Gasteiger partial charge in [0, 0.05) is 25.0 Å². The number of amides is 1. The minimum absolute atomic E-state index is 0. The number of carbonyl (C=O) groups is 1. The molecule has 0 saturated carbocycles. The summed E-state index contributed by atoms with van der Waals surface area (Å²) >= 11 is 0. The van der Waals surface area contributed by atoms with E-state index in [4.69, 9.17) is 4.74 Å². The van der Waals surface area contributed by atoms with Crippen LogP contribution in [0.15, 0.2) is 59.6 Å². The molecule has 0 spiro atoms. The van der Waals surface area contributed by atoms with Gasteiger partial charge in [-0.2, -0.15) is 13.5 Å². The van der Waals surface area contributed by atoms with E-state index in [9.17, 15) is 22.0 Å². The molecule has 164 valence electrons. The highest BCUT2D eigenvalue weighted by Crippen LogP contribution is 2.35. The number of rotatable bonds is 3. The third-order valence-electron chi connectivity index (χ3n) is 4.68. The quantitative estimate of drug-likeness (QED) is 0.620. The van der Waals surface area contributed by atoms with Crippen LogP contribution >= 0.6 is 13.5 Å². The number of hydrogen-bond donors (Lipinski definition) is 2. The molecule has 0 unspecified atom stereocenters. The Hall–Kier alpha value is -2.89. The second-order valence-electron chi connectivity index (χ2n) is 6.76. The van der Waals surface area contributed by atoms with E-state index < -0.39 is 33.6 Å². The number of aromatic nitrogens is 1. The van der Waals surface area contributed by atoms with Crippen molar-refractivity contribution in [1.82, 2.24) is 9.29 Å². The molecule has 3 aromatic rings. The number of fused-ring (bicyclic) bond motifs is 1. The number of anilines is 1. The fraction of sp³-hybridized carbons (Fsp3) is 0.150. The van der Waals surface area contributed by atoms with Crippen LogP contribution in [0.2, 0.25) is 0 Å². The van der Waals surface area contributed by atoms with Crippen molar-refractivity contribution in [1.29, 1.82) is 0 Å². The molecule has 0 saturated heterocycles. The lowest BCUT2D eigenvalue weighted by Crippen LogP contribution is -2.29. The van der Waals surface area contributed by atoms with Gasteiger partial charge in [-0.05, 0) is 17.7 Å². The van der Waals surface area contributed by atoms with Crippen molar-refractivity contribution in [3.63, 3.8) is 0 Å². The molecule has 31 heavy (non-hydrogen) atoms. The summed E-state index contributed by atoms with van der Waals surface area (Å²) in [6.45, 7) is -0.0360. The normalized spacial score (nSPS) is 16.9. The van der Waals surface area contributed by atoms with Crippen LogP contribution in [0.5, 0.6) is 5.75 Å². The van der Waals surface area contributed by atoms with Crippen molar-refractivity contribution in [3.05, 3.63) is 77.6 Å². The van der Waals surface area contributed by atoms with E-state index in [0.717, 1.165) is 12.1 Å². The number of nitrogens with one attached hydrogen (secondary N) is 2. The summed E-state index contributed by atoms with van der Waals surface area (Å²) in [6.07, 6.45) is 1.27. The maximum Gasteiger partial charge on any atom is 0.276 e. The third-order valence-corrected chi connectivity index (χ3v) is 6.14. The second kappa shape index (κ2) is 8.69. The number of ether oxygens (including phenoxy) is 1. The van der Waals surface area contributed by atoms with Crippen LogP contribution in [0.25, 0.3) is 0 Å². The number of aryl methyl sites for hydroxylation is 1. The van der Waals surface area contributed by atoms with Gasteiger partial charge < -0.3 is 14.6 Å². The monoisotopic (exact) mass is 467 g/mol. The number of nitrogens with zero attached hydrogens (tertiary/aromatic N) is 1. The molecular weight excluding hydrogens is 448 g/mol. The first-order valence-corrected chi connectivity index (χ1v) is 10.4. The molecule has 1 aliphatic rings. The lowest BCUT2D eigenvalue weighted by atomic mass is 10.1. The summed E-state index contributed by atoms with van der Waals surface area (Å²) in [7, 11) is -2.49. The molecule has 4 rings (SSSR count). The molecule has 1 aromatic heterocycles. The van der Waals surface area contributed by atoms with E-state index in [1.807, 2.05) is 6.07 Å². The van der Waals surface area contributed by atoms with Gasteiger partial charge in [0.1, 0.15) is 11.5 Å². The highest BCUT2D eigenvalue weighted by atomic mass is 32.2. The number of benzene rings is 2. The summed E-state index contributed by atoms with van der Waals surface area (Å²) < 4.78 is 62.0. The van der Waals surface area contributed by atoms with Gasteiger partial charge in [-0.3, -0.25) is 4.79 Å². The van der Waals surface area contributed by atoms with Crippen LogP contribution in [-0.4, -0.2) is 25.5 Å². The van der Waals surface area contributed by atoms with E-state index in [0.29, 0.717) is 5.56 Å². The number of halogens is 2. The van der Waals surface area contributed by atoms with Crippen molar-refractivity contribution in [2.45, 2.75) is 10.9 Å². The Bertz CT molecular complexity index is 1230. The molecule has 2 N–H and O–H groups in total. The zero-order valence-electron chi connectivity index (χ0n) is 16.2. The van der Waals surface area contributed by atoms with Crippen molar-refractivity contribution >= 4 is 35.1 Å². The van der Waals surface area contributed by atoms with Crippen LogP contribution in [0.3, 0.4) is 0 Å². The largest absolute Gasteiger partial charge is 0.488 e. The average Bonchev–Trinajstić information content (AvgIpc) is 2.99. The molecule has 7 nitrogen and oxygen atoms in total. The van der Waals surface area contributed by atoms with Crippen molar-refractivity contribution in [2.75, 3.05) is 11.9 Å². The van der Waals surface area contributed by atoms with Crippen LogP contribution in [0.4, 0.5) is 14.5 Å². The summed E-state index contributed by atoms with van der Waals surface area (Å²) in [4.78, 5) is 12.6. The van der Waals surface area contributed by atoms with Crippen LogP contribution in [0.1, 0.15) is 22.1 Å². The van der Waals surface area contributed by atoms with E-state index in [2.05, 4.69) is 10.0 Å². The smallest absolute Gasteiger partial charge is 0.276 e. The predicted molar refractivity (Wildman–Crippen MR) is 115 cm³/mol. The van der Waals surface area contributed by atoms with Gasteiger partial charge >= 0.3 is 0 Å². The van der Waals surface area contributed by atoms with Gasteiger partial charge in [0.15, 0.2) is 23.1 Å². The molecule has 0 aliphatic carbocycles. The minimum atomic E-state index is -3.98. The summed E-state index contributed by atoms with van der Waals surface area (Å²) in [5.41, 5.74) is 0.669. The molecule has 0 fully saturated rings. The lowest BCUT2D eigenvalue weighted by molar-refractivity contribution is 0.101. The van der Waals surface area contributed by atoms with E-state index >= 15 is 0 Å². The minimum Gasteiger partial charge on any atom is -0.488 e. The van der Waals surface area contributed by atoms with Gasteiger partial charge in [0.2, 0.25) is 10.0 Å². The zero-order valence-corrected chi connectivity index (χ0v) is 18.0. The lowest BCUT2D eigenvalue weighted by Gasteiger charge is -2.16. The van der Waals surface area contributed by atoms with Gasteiger partial charge in [0.25, 0.3) is 5.91 Å². The molecule has 2 aromatic carbocycles. The van der Waals surface area contributed by atoms with Gasteiger partial charge in [0.05, 0.1) is 6.04 Å². The van der Waals surface area contributed by atoms with Crippen LogP contribution in [-0.2, 0) is 17.1 Å². The Morgan fingerprint density at radius 1 is 1.16 bits per heavy atom. The second-order valence-corrected chi connectivity index (χ2v) is 8.44. The first-order chi connectivity index (χ1) is 14.3. The Balaban J connectivity index is 0.00000272. The Morgan fingerprint density at radius 3 is 2.55 bits per heavy atom. The molecule has 11 heteroatoms. The summed E-state index contributed by atoms with van der Waals surface area (Å²) in [5.74, 6) is -3.00. The first-order valence-electron chi connectivity index (χ1n) is 8.92. The molecule has 1 atom stereocenters. The molecule has 2 heterocycles. The number of carbonyl (C=O) groups excluding carboxylic acids is 1. The van der Waals surface area contributed by atoms with Gasteiger partial charge in [-0.15, -0.1) is 0 Å². The molecule has 1 aliphatic heterocycles. The van der Waals surface area contributed by atoms with Crippen LogP contribution < -0.4 is 14.8 Å². The SMILES string of the molecule is Cn1cc2c(c1C(=O)Nc1ccc(F)c(F)c1)OC[C@H](c1ccccc1)NS2(=O)=O.S. The summed E-state index contributed by atoms with van der Waals surface area (Å²) in [6, 6.07) is 11.2. The molecule has 0 bridgehead atoms. The number of sulfonamides is 1. The highest BCUT2D eigenvalue weighted by Gasteiger charge is 2.35. The van der Waals surface area contributed by atoms with E-state index in [1.54, 1.807) is 24.3 Å². The van der Waals surface area contributed by atoms with Crippen molar-refractivity contribution in [2.24, 2.45) is 7.05 Å². The Morgan fingerprint density at radius 2 is 1.87 bits per heavy atom. The van der Waals surface area contributed by atoms with Gasteiger partial charge in [-0.25, -0.2) is 21.9 Å². The first kappa shape index (κ1) is 22.8. The fourth-order valence-electron chi connectivity index (χ4n) is 3.24. The molecular formula is C20H19F2N3O4S2. The Kier molecular flexibility index (Phi) is 6.39. The van der Waals surface area contributed by atoms with Gasteiger partial charge in [-0.1, -0.05) is 30.3 Å². The zero-order chi connectivity index (χ0) is 21.5. The standard InChI is InChI=1S/C20H17F2N3O4S.H2S/c1-25-10-17-19(18(25)20(26)23-13-7-8-14(21)15(22)9-13)29-11-16(24-30(17,27)28)12-5-3-2-4-6-12;/h2-10,16,24H,11H2,1H3,(H,23,26);1H2/t16-;/m1./s1. The topological polar surface area (TPSA) is 89.4 Å². The predicted octanol–water partition coefficient (Wildman–Crippen LogP) is 3.08. The van der Waals surface area contributed by atoms with Crippen molar-refractivity contribution in [3.8, 4) is 5.75 Å². The average molecular weight is 468 g/mol. The highest BCUT2D eigenvalue weighted by molar-refractivity contribution is 7.89. The van der Waals surface area contributed by atoms with E-state index in [-0.39, 0.29) is 42.1 Å². The van der Waals surface area contributed by atoms with Crippen molar-refractivity contribution < 1.29 is 26.7 Å². The Labute approximate surface area is 184 Å². The van der Waals surface area contributed by atoms with Crippen LogP contribution in [0, 0.1) is 11.6 Å². The third kappa shape index (κ3) is 4.43.